The number of aliphatic hydroxyl groups excluding tert-OH is 1. The number of hydrogen-bond acceptors (Lipinski definition) is 15. The first kappa shape index (κ1) is 99.1. The van der Waals surface area contributed by atoms with Crippen LogP contribution in [0.15, 0.2) is 0 Å². The first-order valence-electron chi connectivity index (χ1n) is 42.8. The Balaban J connectivity index is 5.23. The van der Waals surface area contributed by atoms with Crippen LogP contribution in [0.5, 0.6) is 0 Å². The molecule has 600 valence electrons. The summed E-state index contributed by atoms with van der Waals surface area (Å²) >= 11 is 0. The number of phosphoric acid groups is 2. The summed E-state index contributed by atoms with van der Waals surface area (Å²) in [6, 6.07) is 0. The van der Waals surface area contributed by atoms with E-state index in [-0.39, 0.29) is 25.7 Å². The van der Waals surface area contributed by atoms with Gasteiger partial charge >= 0.3 is 39.5 Å². The molecule has 0 radical (unpaired) electrons. The molecule has 0 aliphatic rings. The van der Waals surface area contributed by atoms with Crippen LogP contribution >= 0.6 is 15.6 Å². The molecule has 0 aliphatic carbocycles. The fourth-order valence-corrected chi connectivity index (χ4v) is 14.4. The van der Waals surface area contributed by atoms with Gasteiger partial charge in [-0.1, -0.05) is 394 Å². The third-order valence-electron chi connectivity index (χ3n) is 19.4. The first-order chi connectivity index (χ1) is 49.2. The summed E-state index contributed by atoms with van der Waals surface area (Å²) in [6.07, 6.45) is 69.3. The quantitative estimate of drug-likeness (QED) is 0.0222. The Hall–Kier alpha value is -1.94. The molecule has 101 heavy (non-hydrogen) atoms. The van der Waals surface area contributed by atoms with E-state index >= 15 is 0 Å². The third kappa shape index (κ3) is 76.1. The Bertz CT molecular complexity index is 1910. The second-order valence-electron chi connectivity index (χ2n) is 29.5. The zero-order valence-corrected chi connectivity index (χ0v) is 67.7. The monoisotopic (exact) mass is 1480 g/mol. The van der Waals surface area contributed by atoms with E-state index in [2.05, 4.69) is 27.7 Å². The van der Waals surface area contributed by atoms with Gasteiger partial charge < -0.3 is 33.8 Å². The van der Waals surface area contributed by atoms with Crippen LogP contribution in [0.25, 0.3) is 0 Å². The van der Waals surface area contributed by atoms with Gasteiger partial charge in [0.1, 0.15) is 19.3 Å². The number of carbonyl (C=O) groups excluding carboxylic acids is 4. The summed E-state index contributed by atoms with van der Waals surface area (Å²) in [6.45, 7) is 5.03. The highest BCUT2D eigenvalue weighted by atomic mass is 31.2. The normalized spacial score (nSPS) is 13.8. The van der Waals surface area contributed by atoms with Crippen molar-refractivity contribution >= 4 is 39.5 Å². The van der Waals surface area contributed by atoms with E-state index in [1.165, 1.54) is 276 Å². The molecular weight excluding hydrogens is 1320 g/mol. The van der Waals surface area contributed by atoms with Crippen LogP contribution in [0.1, 0.15) is 445 Å². The maximum absolute atomic E-state index is 13.1. The number of rotatable bonds is 83. The maximum Gasteiger partial charge on any atom is 0.472 e. The number of unbranched alkanes of at least 4 members (excludes halogenated alkanes) is 57. The lowest BCUT2D eigenvalue weighted by Gasteiger charge is -2.21. The van der Waals surface area contributed by atoms with E-state index in [0.717, 1.165) is 89.9 Å². The van der Waals surface area contributed by atoms with Crippen molar-refractivity contribution in [2.24, 2.45) is 0 Å². The lowest BCUT2D eigenvalue weighted by atomic mass is 10.0. The second-order valence-corrected chi connectivity index (χ2v) is 32.4. The van der Waals surface area contributed by atoms with Crippen LogP contribution in [-0.4, -0.2) is 96.7 Å². The van der Waals surface area contributed by atoms with Gasteiger partial charge in [0.25, 0.3) is 0 Å². The number of phosphoric ester groups is 2. The molecule has 0 saturated carbocycles. The average molecular weight is 1480 g/mol. The minimum atomic E-state index is -4.96. The second kappa shape index (κ2) is 76.3. The van der Waals surface area contributed by atoms with Gasteiger partial charge in [-0.15, -0.1) is 0 Å². The topological polar surface area (TPSA) is 237 Å². The van der Waals surface area contributed by atoms with E-state index in [1.54, 1.807) is 0 Å². The number of ether oxygens (including phenoxy) is 4. The molecule has 3 N–H and O–H groups in total. The lowest BCUT2D eigenvalue weighted by molar-refractivity contribution is -0.161. The fraction of sp³-hybridized carbons (Fsp3) is 0.951. The highest BCUT2D eigenvalue weighted by Gasteiger charge is 2.30. The zero-order valence-electron chi connectivity index (χ0n) is 65.9. The molecule has 0 spiro atoms. The van der Waals surface area contributed by atoms with Gasteiger partial charge in [-0.2, -0.15) is 0 Å². The van der Waals surface area contributed by atoms with Crippen LogP contribution in [0.4, 0.5) is 0 Å². The largest absolute Gasteiger partial charge is 0.472 e. The van der Waals surface area contributed by atoms with E-state index in [0.29, 0.717) is 25.7 Å². The molecule has 0 aliphatic heterocycles. The predicted molar refractivity (Wildman–Crippen MR) is 414 cm³/mol. The average Bonchev–Trinajstić information content (AvgIpc) is 0.977. The number of esters is 4. The molecule has 0 fully saturated rings. The van der Waals surface area contributed by atoms with Crippen molar-refractivity contribution < 1.29 is 80.2 Å². The Labute approximate surface area is 619 Å². The van der Waals surface area contributed by atoms with Gasteiger partial charge in [0.05, 0.1) is 26.4 Å². The van der Waals surface area contributed by atoms with Crippen molar-refractivity contribution in [3.05, 3.63) is 0 Å². The van der Waals surface area contributed by atoms with Crippen molar-refractivity contribution in [2.45, 2.75) is 463 Å². The van der Waals surface area contributed by atoms with E-state index < -0.39 is 97.5 Å². The van der Waals surface area contributed by atoms with Gasteiger partial charge in [0.2, 0.25) is 0 Å². The fourth-order valence-electron chi connectivity index (χ4n) is 12.8. The molecule has 19 heteroatoms. The molecule has 0 bridgehead atoms. The van der Waals surface area contributed by atoms with Crippen LogP contribution in [-0.2, 0) is 65.4 Å². The minimum absolute atomic E-state index is 0.109. The molecule has 5 atom stereocenters. The zero-order chi connectivity index (χ0) is 73.9. The summed E-state index contributed by atoms with van der Waals surface area (Å²) in [5.74, 6) is -2.10. The lowest BCUT2D eigenvalue weighted by Crippen LogP contribution is -2.30. The van der Waals surface area contributed by atoms with Gasteiger partial charge in [0.15, 0.2) is 12.2 Å². The van der Waals surface area contributed by atoms with E-state index in [1.807, 2.05) is 0 Å². The van der Waals surface area contributed by atoms with Crippen molar-refractivity contribution in [3.63, 3.8) is 0 Å². The molecule has 17 nitrogen and oxygen atoms in total. The molecule has 0 saturated heterocycles. The highest BCUT2D eigenvalue weighted by molar-refractivity contribution is 7.47. The van der Waals surface area contributed by atoms with Crippen LogP contribution < -0.4 is 0 Å². The summed E-state index contributed by atoms with van der Waals surface area (Å²) in [5.41, 5.74) is 0. The van der Waals surface area contributed by atoms with Crippen molar-refractivity contribution in [2.75, 3.05) is 39.6 Å². The molecule has 0 aromatic carbocycles. The number of carbonyl (C=O) groups is 4. The molecule has 2 unspecified atom stereocenters. The minimum Gasteiger partial charge on any atom is -0.462 e. The van der Waals surface area contributed by atoms with Crippen LogP contribution in [0.3, 0.4) is 0 Å². The van der Waals surface area contributed by atoms with Crippen LogP contribution in [0, 0.1) is 0 Å². The molecular formula is C82H160O17P2. The Kier molecular flexibility index (Phi) is 74.8. The Morgan fingerprint density at radius 3 is 0.584 bits per heavy atom. The molecule has 0 amide bonds. The van der Waals surface area contributed by atoms with Gasteiger partial charge in [0, 0.05) is 25.7 Å². The SMILES string of the molecule is CCCCCCCCCCCCCCCCCCCCCC(=O)O[C@H](COC(=O)CCCCCCCCCCCCCCCCCC)COP(=O)(O)OC[C@@H](O)COP(=O)(O)OC[C@@H](COC(=O)CCCCCCCCCCCC)OC(=O)CCCCCCCCCCCCCCCCCC. The van der Waals surface area contributed by atoms with Crippen LogP contribution in [0.2, 0.25) is 0 Å². The smallest absolute Gasteiger partial charge is 0.462 e. The molecule has 0 heterocycles. The highest BCUT2D eigenvalue weighted by Crippen LogP contribution is 2.45. The van der Waals surface area contributed by atoms with Crippen molar-refractivity contribution in [1.82, 2.24) is 0 Å². The molecule has 0 aromatic heterocycles. The van der Waals surface area contributed by atoms with Crippen molar-refractivity contribution in [3.8, 4) is 0 Å². The maximum atomic E-state index is 13.1. The summed E-state index contributed by atoms with van der Waals surface area (Å²) in [4.78, 5) is 73.1. The van der Waals surface area contributed by atoms with E-state index in [4.69, 9.17) is 37.0 Å². The molecule has 0 rings (SSSR count). The van der Waals surface area contributed by atoms with Crippen molar-refractivity contribution in [1.29, 1.82) is 0 Å². The van der Waals surface area contributed by atoms with Gasteiger partial charge in [-0.3, -0.25) is 37.3 Å². The van der Waals surface area contributed by atoms with Gasteiger partial charge in [-0.05, 0) is 25.7 Å². The third-order valence-corrected chi connectivity index (χ3v) is 21.3. The summed E-state index contributed by atoms with van der Waals surface area (Å²) in [7, 11) is -9.92. The molecule has 0 aromatic rings. The standard InChI is InChI=1S/C82H160O17P2/c1-5-9-13-17-21-25-29-32-35-38-39-40-43-46-49-53-57-61-65-69-82(87)99-78(73-93-80(85)67-63-59-55-51-47-44-41-36-33-30-26-22-18-14-10-6-2)75-97-101(90,91)95-71-76(83)70-94-100(88,89)96-74-77(72-92-79(84)66-62-58-54-50-28-24-20-16-12-8-4)98-81(86)68-64-60-56-52-48-45-42-37-34-31-27-23-19-15-11-7-3/h76-78,83H,5-75H2,1-4H3,(H,88,89)(H,90,91)/t76-,77+,78+/m0/s1. The number of hydrogen-bond donors (Lipinski definition) is 3. The first-order valence-corrected chi connectivity index (χ1v) is 45.8. The predicted octanol–water partition coefficient (Wildman–Crippen LogP) is 25.0. The van der Waals surface area contributed by atoms with Gasteiger partial charge in [-0.25, -0.2) is 9.13 Å². The summed E-state index contributed by atoms with van der Waals surface area (Å²) in [5, 5.41) is 10.6. The van der Waals surface area contributed by atoms with E-state index in [9.17, 15) is 43.2 Å². The summed E-state index contributed by atoms with van der Waals surface area (Å²) < 4.78 is 68.8. The number of aliphatic hydroxyl groups is 1. The Morgan fingerprint density at radius 1 is 0.238 bits per heavy atom. The Morgan fingerprint density at radius 2 is 0.396 bits per heavy atom.